The van der Waals surface area contributed by atoms with E-state index in [0.717, 1.165) is 22.4 Å². The highest BCUT2D eigenvalue weighted by atomic mass is 15.1. The largest absolute Gasteiger partial charge is 0.301 e. The van der Waals surface area contributed by atoms with E-state index in [0.29, 0.717) is 0 Å². The van der Waals surface area contributed by atoms with Crippen molar-refractivity contribution in [3.8, 4) is 17.1 Å². The number of rotatable bonds is 2. The van der Waals surface area contributed by atoms with Gasteiger partial charge in [-0.15, -0.1) is 0 Å². The molecule has 0 aliphatic rings. The lowest BCUT2D eigenvalue weighted by Crippen LogP contribution is -2.29. The number of para-hydroxylation sites is 2. The van der Waals surface area contributed by atoms with Gasteiger partial charge in [0, 0.05) is 17.0 Å². The molecule has 4 nitrogen and oxygen atoms in total. The zero-order valence-corrected chi connectivity index (χ0v) is 18.8. The molecule has 0 atom stereocenters. The fourth-order valence-electron chi connectivity index (χ4n) is 4.97. The van der Waals surface area contributed by atoms with E-state index in [2.05, 4.69) is 121 Å². The van der Waals surface area contributed by atoms with E-state index in [1.54, 1.807) is 0 Å². The maximum atomic E-state index is 5.04. The summed E-state index contributed by atoms with van der Waals surface area (Å²) in [7, 11) is 2.11. The molecule has 0 saturated carbocycles. The molecule has 0 spiro atoms. The molecule has 0 bridgehead atoms. The Morgan fingerprint density at radius 1 is 0.812 bits per heavy atom. The van der Waals surface area contributed by atoms with Gasteiger partial charge in [0.25, 0.3) is 5.82 Å². The molecule has 0 fully saturated rings. The zero-order chi connectivity index (χ0) is 22.0. The zero-order valence-electron chi connectivity index (χ0n) is 18.8. The van der Waals surface area contributed by atoms with Gasteiger partial charge in [0.1, 0.15) is 23.7 Å². The predicted octanol–water partition coefficient (Wildman–Crippen LogP) is 5.85. The summed E-state index contributed by atoms with van der Waals surface area (Å²) in [5.74, 6) is 1.16. The van der Waals surface area contributed by atoms with Gasteiger partial charge >= 0.3 is 0 Å². The molecule has 0 N–H and O–H groups in total. The van der Waals surface area contributed by atoms with Crippen LogP contribution < -0.4 is 4.57 Å². The highest BCUT2D eigenvalue weighted by molar-refractivity contribution is 5.91. The number of benzene rings is 3. The lowest BCUT2D eigenvalue weighted by atomic mass is 10.0. The second-order valence-electron chi connectivity index (χ2n) is 8.74. The van der Waals surface area contributed by atoms with Gasteiger partial charge in [0.15, 0.2) is 0 Å². The summed E-state index contributed by atoms with van der Waals surface area (Å²) in [6.45, 7) is 6.54. The Morgan fingerprint density at radius 2 is 1.59 bits per heavy atom. The highest BCUT2D eigenvalue weighted by Crippen LogP contribution is 2.31. The third-order valence-corrected chi connectivity index (χ3v) is 6.53. The third kappa shape index (κ3) is 2.69. The molecule has 0 aliphatic heterocycles. The first-order valence-corrected chi connectivity index (χ1v) is 11.0. The predicted molar refractivity (Wildman–Crippen MR) is 130 cm³/mol. The minimum absolute atomic E-state index is 0.975. The first kappa shape index (κ1) is 18.8. The number of aryl methyl sites for hydroxylation is 4. The number of hydrogen-bond donors (Lipinski definition) is 0. The minimum Gasteiger partial charge on any atom is -0.301 e. The van der Waals surface area contributed by atoms with E-state index in [1.165, 1.54) is 38.8 Å². The Morgan fingerprint density at radius 3 is 2.41 bits per heavy atom. The van der Waals surface area contributed by atoms with Crippen LogP contribution in [0.5, 0.6) is 0 Å². The fourth-order valence-corrected chi connectivity index (χ4v) is 4.97. The normalized spacial score (nSPS) is 11.8. The third-order valence-electron chi connectivity index (χ3n) is 6.53. The molecule has 6 rings (SSSR count). The van der Waals surface area contributed by atoms with Crippen molar-refractivity contribution in [3.05, 3.63) is 95.9 Å². The molecule has 0 unspecified atom stereocenters. The van der Waals surface area contributed by atoms with Crippen LogP contribution in [-0.2, 0) is 7.05 Å². The van der Waals surface area contributed by atoms with Crippen molar-refractivity contribution >= 4 is 27.5 Å². The number of fused-ring (bicyclic) bond motifs is 4. The number of imidazole rings is 1. The minimum atomic E-state index is 0.975. The standard InChI is InChI=1S/C28H25N4/c1-18-8-7-9-19(2)27(18)31-13-12-30(4)28(31)23-16-24-22(14-20(23)3)17-32-25-11-6-5-10-21(25)15-26(32)29-24/h5-17H,1-4H3/q+1. The lowest BCUT2D eigenvalue weighted by molar-refractivity contribution is -0.659. The molecule has 156 valence electrons. The van der Waals surface area contributed by atoms with Gasteiger partial charge in [-0.1, -0.05) is 36.4 Å². The molecule has 6 aromatic rings. The second-order valence-corrected chi connectivity index (χ2v) is 8.74. The van der Waals surface area contributed by atoms with E-state index < -0.39 is 0 Å². The Bertz CT molecular complexity index is 1650. The summed E-state index contributed by atoms with van der Waals surface area (Å²) in [6.07, 6.45) is 6.49. The summed E-state index contributed by atoms with van der Waals surface area (Å²) in [5.41, 5.74) is 9.37. The lowest BCUT2D eigenvalue weighted by Gasteiger charge is -2.11. The topological polar surface area (TPSA) is 26.1 Å². The molecular formula is C28H25N4+. The van der Waals surface area contributed by atoms with Crippen molar-refractivity contribution in [2.24, 2.45) is 7.05 Å². The molecular weight excluding hydrogens is 392 g/mol. The molecule has 0 saturated heterocycles. The maximum absolute atomic E-state index is 5.04. The quantitative estimate of drug-likeness (QED) is 0.325. The van der Waals surface area contributed by atoms with Crippen molar-refractivity contribution in [3.63, 3.8) is 0 Å². The first-order valence-electron chi connectivity index (χ1n) is 11.0. The van der Waals surface area contributed by atoms with Crippen LogP contribution in [-0.4, -0.2) is 14.0 Å². The van der Waals surface area contributed by atoms with Crippen molar-refractivity contribution in [1.29, 1.82) is 0 Å². The molecule has 0 aliphatic carbocycles. The molecule has 3 heterocycles. The first-order chi connectivity index (χ1) is 15.5. The summed E-state index contributed by atoms with van der Waals surface area (Å²) in [6, 6.07) is 21.6. The van der Waals surface area contributed by atoms with E-state index in [-0.39, 0.29) is 0 Å². The van der Waals surface area contributed by atoms with E-state index in [9.17, 15) is 0 Å². The smallest absolute Gasteiger partial charge is 0.294 e. The van der Waals surface area contributed by atoms with Gasteiger partial charge in [0.2, 0.25) is 0 Å². The highest BCUT2D eigenvalue weighted by Gasteiger charge is 2.24. The number of nitrogens with zero attached hydrogens (tertiary/aromatic N) is 4. The monoisotopic (exact) mass is 417 g/mol. The SMILES string of the molecule is Cc1cc2cn3c(cc4ccccc43)nc2cc1-c1n(-c2c(C)cccc2C)cc[n+]1C. The summed E-state index contributed by atoms with van der Waals surface area (Å²) < 4.78 is 6.70. The fraction of sp³-hybridized carbons (Fsp3) is 0.143. The van der Waals surface area contributed by atoms with Gasteiger partial charge in [-0.2, -0.15) is 4.57 Å². The molecule has 0 radical (unpaired) electrons. The Labute approximate surface area is 187 Å². The average Bonchev–Trinajstić information content (AvgIpc) is 3.32. The molecule has 4 heteroatoms. The van der Waals surface area contributed by atoms with Crippen molar-refractivity contribution in [2.45, 2.75) is 20.8 Å². The van der Waals surface area contributed by atoms with Gasteiger partial charge in [0.05, 0.1) is 23.6 Å². The molecule has 0 amide bonds. The van der Waals surface area contributed by atoms with Gasteiger partial charge in [-0.25, -0.2) is 9.55 Å². The Balaban J connectivity index is 1.62. The number of aromatic nitrogens is 4. The van der Waals surface area contributed by atoms with Crippen molar-refractivity contribution in [2.75, 3.05) is 0 Å². The van der Waals surface area contributed by atoms with Crippen molar-refractivity contribution < 1.29 is 4.57 Å². The van der Waals surface area contributed by atoms with Crippen LogP contribution in [0.15, 0.2) is 79.3 Å². The van der Waals surface area contributed by atoms with Crippen LogP contribution in [0.3, 0.4) is 0 Å². The Hall–Kier alpha value is -3.92. The van der Waals surface area contributed by atoms with Crippen LogP contribution in [0.2, 0.25) is 0 Å². The van der Waals surface area contributed by atoms with Crippen LogP contribution >= 0.6 is 0 Å². The van der Waals surface area contributed by atoms with Crippen LogP contribution in [0.4, 0.5) is 0 Å². The molecule has 3 aromatic carbocycles. The van der Waals surface area contributed by atoms with Crippen molar-refractivity contribution in [1.82, 2.24) is 14.0 Å². The van der Waals surface area contributed by atoms with Crippen LogP contribution in [0.25, 0.3) is 44.5 Å². The average molecular weight is 418 g/mol. The maximum Gasteiger partial charge on any atom is 0.294 e. The summed E-state index contributed by atoms with van der Waals surface area (Å²) in [5, 5.41) is 2.36. The molecule has 3 aromatic heterocycles. The van der Waals surface area contributed by atoms with Crippen LogP contribution in [0.1, 0.15) is 16.7 Å². The van der Waals surface area contributed by atoms with E-state index in [4.69, 9.17) is 4.98 Å². The number of hydrogen-bond acceptors (Lipinski definition) is 1. The summed E-state index contributed by atoms with van der Waals surface area (Å²) in [4.78, 5) is 5.04. The van der Waals surface area contributed by atoms with Gasteiger partial charge in [-0.3, -0.25) is 0 Å². The van der Waals surface area contributed by atoms with Crippen LogP contribution in [0, 0.1) is 20.8 Å². The Kier molecular flexibility index (Phi) is 3.99. The van der Waals surface area contributed by atoms with Gasteiger partial charge < -0.3 is 4.40 Å². The summed E-state index contributed by atoms with van der Waals surface area (Å²) >= 11 is 0. The molecule has 32 heavy (non-hydrogen) atoms. The second kappa shape index (κ2) is 6.79. The van der Waals surface area contributed by atoms with E-state index in [1.807, 2.05) is 0 Å². The van der Waals surface area contributed by atoms with Gasteiger partial charge in [-0.05, 0) is 61.7 Å². The van der Waals surface area contributed by atoms with E-state index >= 15 is 0 Å².